The number of benzene rings is 2. The Bertz CT molecular complexity index is 1090. The Kier molecular flexibility index (Phi) is 7.07. The smallest absolute Gasteiger partial charge is 0.321 e. The summed E-state index contributed by atoms with van der Waals surface area (Å²) in [4.78, 5) is 27.0. The number of nitrogens with zero attached hydrogens (tertiary/aromatic N) is 3. The third kappa shape index (κ3) is 5.61. The fraction of sp³-hybridized carbons (Fsp3) is 0.346. The lowest BCUT2D eigenvalue weighted by molar-refractivity contribution is -0.126. The molecule has 33 heavy (non-hydrogen) atoms. The summed E-state index contributed by atoms with van der Waals surface area (Å²) in [6, 6.07) is 19.5. The third-order valence-electron chi connectivity index (χ3n) is 6.32. The first-order chi connectivity index (χ1) is 16.0. The lowest BCUT2D eigenvalue weighted by atomic mass is 9.96. The van der Waals surface area contributed by atoms with E-state index in [4.69, 9.17) is 0 Å². The van der Waals surface area contributed by atoms with E-state index in [-0.39, 0.29) is 17.9 Å². The fourth-order valence-electron chi connectivity index (χ4n) is 4.29. The number of amides is 3. The van der Waals surface area contributed by atoms with Gasteiger partial charge in [0.25, 0.3) is 0 Å². The molecule has 1 aliphatic rings. The molecule has 3 aromatic rings. The monoisotopic (exact) mass is 445 g/mol. The van der Waals surface area contributed by atoms with Crippen molar-refractivity contribution in [3.63, 3.8) is 0 Å². The highest BCUT2D eigenvalue weighted by Crippen LogP contribution is 2.20. The summed E-state index contributed by atoms with van der Waals surface area (Å²) in [5.41, 5.74) is 5.06. The Balaban J connectivity index is 1.27. The number of carbonyl (C=O) groups excluding carboxylic acids is 2. The highest BCUT2D eigenvalue weighted by Gasteiger charge is 2.27. The van der Waals surface area contributed by atoms with Gasteiger partial charge < -0.3 is 15.5 Å². The second-order valence-electron chi connectivity index (χ2n) is 8.57. The first kappa shape index (κ1) is 22.6. The number of hydrogen-bond donors (Lipinski definition) is 2. The maximum atomic E-state index is 12.8. The molecule has 4 rings (SSSR count). The van der Waals surface area contributed by atoms with Crippen LogP contribution in [0, 0.1) is 19.8 Å². The molecule has 0 bridgehead atoms. The van der Waals surface area contributed by atoms with E-state index in [1.807, 2.05) is 67.1 Å². The Morgan fingerprint density at radius 2 is 1.61 bits per heavy atom. The summed E-state index contributed by atoms with van der Waals surface area (Å²) in [5.74, 6) is -0.0292. The van der Waals surface area contributed by atoms with Crippen molar-refractivity contribution in [1.82, 2.24) is 20.0 Å². The van der Waals surface area contributed by atoms with Crippen LogP contribution in [0.1, 0.15) is 35.4 Å². The SMILES string of the molecule is Cc1nn(Cc2ccccc2)c(C)c1CNC(=O)C1CCN(C(=O)Nc2ccccc2)CC1. The van der Waals surface area contributed by atoms with Gasteiger partial charge in [0.2, 0.25) is 5.91 Å². The molecule has 1 aromatic heterocycles. The normalized spacial score (nSPS) is 14.2. The van der Waals surface area contributed by atoms with Crippen LogP contribution in [0.15, 0.2) is 60.7 Å². The molecule has 7 heteroatoms. The van der Waals surface area contributed by atoms with Gasteiger partial charge in [-0.2, -0.15) is 5.10 Å². The number of rotatable bonds is 6. The zero-order chi connectivity index (χ0) is 23.2. The number of nitrogens with one attached hydrogen (secondary N) is 2. The van der Waals surface area contributed by atoms with E-state index >= 15 is 0 Å². The Labute approximate surface area is 194 Å². The van der Waals surface area contributed by atoms with Crippen LogP contribution >= 0.6 is 0 Å². The number of piperidine rings is 1. The van der Waals surface area contributed by atoms with Crippen molar-refractivity contribution < 1.29 is 9.59 Å². The molecule has 0 saturated carbocycles. The topological polar surface area (TPSA) is 79.3 Å². The molecule has 2 heterocycles. The Morgan fingerprint density at radius 1 is 0.970 bits per heavy atom. The van der Waals surface area contributed by atoms with Crippen molar-refractivity contribution in [3.8, 4) is 0 Å². The predicted molar refractivity (Wildman–Crippen MR) is 129 cm³/mol. The molecule has 0 radical (unpaired) electrons. The standard InChI is InChI=1S/C26H31N5O2/c1-19-24(20(2)31(29-19)18-21-9-5-3-6-10-21)17-27-25(32)22-13-15-30(16-14-22)26(33)28-23-11-7-4-8-12-23/h3-12,22H,13-18H2,1-2H3,(H,27,32)(H,28,33). The summed E-state index contributed by atoms with van der Waals surface area (Å²) < 4.78 is 2.00. The van der Waals surface area contributed by atoms with Gasteiger partial charge in [-0.25, -0.2) is 4.79 Å². The van der Waals surface area contributed by atoms with Gasteiger partial charge in [-0.15, -0.1) is 0 Å². The highest BCUT2D eigenvalue weighted by atomic mass is 16.2. The fourth-order valence-corrected chi connectivity index (χ4v) is 4.29. The van der Waals surface area contributed by atoms with Crippen molar-refractivity contribution in [2.45, 2.75) is 39.8 Å². The summed E-state index contributed by atoms with van der Waals surface area (Å²) in [5, 5.41) is 10.7. The highest BCUT2D eigenvalue weighted by molar-refractivity contribution is 5.89. The minimum Gasteiger partial charge on any atom is -0.352 e. The zero-order valence-corrected chi connectivity index (χ0v) is 19.3. The molecule has 0 spiro atoms. The van der Waals surface area contributed by atoms with Crippen molar-refractivity contribution in [1.29, 1.82) is 0 Å². The van der Waals surface area contributed by atoms with Crippen molar-refractivity contribution >= 4 is 17.6 Å². The molecule has 7 nitrogen and oxygen atoms in total. The van der Waals surface area contributed by atoms with Crippen LogP contribution < -0.4 is 10.6 Å². The second kappa shape index (κ2) is 10.3. The van der Waals surface area contributed by atoms with E-state index in [1.165, 1.54) is 5.56 Å². The van der Waals surface area contributed by atoms with Gasteiger partial charge in [0.15, 0.2) is 0 Å². The molecule has 0 atom stereocenters. The van der Waals surface area contributed by atoms with Crippen LogP contribution in [0.3, 0.4) is 0 Å². The predicted octanol–water partition coefficient (Wildman–Crippen LogP) is 4.11. The number of aromatic nitrogens is 2. The number of aryl methyl sites for hydroxylation is 1. The van der Waals surface area contributed by atoms with E-state index in [9.17, 15) is 9.59 Å². The van der Waals surface area contributed by atoms with E-state index < -0.39 is 0 Å². The molecular weight excluding hydrogens is 414 g/mol. The van der Waals surface area contributed by atoms with E-state index in [0.29, 0.717) is 39.0 Å². The average Bonchev–Trinajstić information content (AvgIpc) is 3.10. The average molecular weight is 446 g/mol. The summed E-state index contributed by atoms with van der Waals surface area (Å²) in [6.45, 7) is 6.37. The second-order valence-corrected chi connectivity index (χ2v) is 8.57. The van der Waals surface area contributed by atoms with Crippen LogP contribution in [-0.2, 0) is 17.9 Å². The molecule has 1 aliphatic heterocycles. The van der Waals surface area contributed by atoms with Gasteiger partial charge >= 0.3 is 6.03 Å². The van der Waals surface area contributed by atoms with Crippen LogP contribution in [0.4, 0.5) is 10.5 Å². The lowest BCUT2D eigenvalue weighted by Crippen LogP contribution is -2.44. The molecule has 2 aromatic carbocycles. The maximum absolute atomic E-state index is 12.8. The Morgan fingerprint density at radius 3 is 2.27 bits per heavy atom. The molecule has 1 fully saturated rings. The number of carbonyl (C=O) groups is 2. The van der Waals surface area contributed by atoms with Crippen LogP contribution in [-0.4, -0.2) is 39.7 Å². The summed E-state index contributed by atoms with van der Waals surface area (Å²) >= 11 is 0. The van der Waals surface area contributed by atoms with Crippen molar-refractivity contribution in [2.75, 3.05) is 18.4 Å². The largest absolute Gasteiger partial charge is 0.352 e. The molecule has 2 N–H and O–H groups in total. The number of hydrogen-bond acceptors (Lipinski definition) is 3. The minimum absolute atomic E-state index is 0.0488. The zero-order valence-electron chi connectivity index (χ0n) is 19.3. The van der Waals surface area contributed by atoms with Gasteiger partial charge in [0.05, 0.1) is 12.2 Å². The molecule has 172 valence electrons. The van der Waals surface area contributed by atoms with Crippen LogP contribution in [0.5, 0.6) is 0 Å². The van der Waals surface area contributed by atoms with E-state index in [1.54, 1.807) is 4.90 Å². The van der Waals surface area contributed by atoms with Gasteiger partial charge in [-0.1, -0.05) is 48.5 Å². The number of para-hydroxylation sites is 1. The van der Waals surface area contributed by atoms with E-state index in [0.717, 1.165) is 22.6 Å². The summed E-state index contributed by atoms with van der Waals surface area (Å²) in [7, 11) is 0. The van der Waals surface area contributed by atoms with Gasteiger partial charge in [-0.3, -0.25) is 9.48 Å². The molecule has 0 aliphatic carbocycles. The quantitative estimate of drug-likeness (QED) is 0.599. The first-order valence-electron chi connectivity index (χ1n) is 11.5. The molecule has 3 amide bonds. The third-order valence-corrected chi connectivity index (χ3v) is 6.32. The number of likely N-dealkylation sites (tertiary alicyclic amines) is 1. The van der Waals surface area contributed by atoms with Gasteiger partial charge in [0, 0.05) is 42.5 Å². The van der Waals surface area contributed by atoms with Crippen molar-refractivity contribution in [3.05, 3.63) is 83.2 Å². The van der Waals surface area contributed by atoms with Gasteiger partial charge in [0.1, 0.15) is 0 Å². The van der Waals surface area contributed by atoms with Gasteiger partial charge in [-0.05, 0) is 44.4 Å². The Hall–Kier alpha value is -3.61. The van der Waals surface area contributed by atoms with Crippen LogP contribution in [0.2, 0.25) is 0 Å². The van der Waals surface area contributed by atoms with Crippen LogP contribution in [0.25, 0.3) is 0 Å². The lowest BCUT2D eigenvalue weighted by Gasteiger charge is -2.31. The maximum Gasteiger partial charge on any atom is 0.321 e. The summed E-state index contributed by atoms with van der Waals surface area (Å²) in [6.07, 6.45) is 1.33. The van der Waals surface area contributed by atoms with E-state index in [2.05, 4.69) is 27.9 Å². The molecule has 0 unspecified atom stereocenters. The molecule has 1 saturated heterocycles. The number of anilines is 1. The molecular formula is C26H31N5O2. The first-order valence-corrected chi connectivity index (χ1v) is 11.5. The minimum atomic E-state index is -0.114. The number of urea groups is 1. The van der Waals surface area contributed by atoms with Crippen molar-refractivity contribution in [2.24, 2.45) is 5.92 Å².